The molecule has 144 valence electrons. The fourth-order valence-corrected chi connectivity index (χ4v) is 3.73. The maximum atomic E-state index is 12.4. The number of carbonyl (C=O) groups is 2. The van der Waals surface area contributed by atoms with Crippen molar-refractivity contribution < 1.29 is 22.4 Å². The number of rotatable bonds is 8. The third-order valence-corrected chi connectivity index (χ3v) is 5.61. The molecular weight excluding hydrogens is 370 g/mol. The van der Waals surface area contributed by atoms with Gasteiger partial charge in [0.05, 0.1) is 24.2 Å². The minimum atomic E-state index is -3.56. The highest BCUT2D eigenvalue weighted by molar-refractivity contribution is 7.89. The van der Waals surface area contributed by atoms with Crippen LogP contribution in [0.1, 0.15) is 29.0 Å². The molecule has 9 heteroatoms. The van der Waals surface area contributed by atoms with Crippen LogP contribution in [0, 0.1) is 0 Å². The van der Waals surface area contributed by atoms with E-state index in [1.165, 1.54) is 42.5 Å². The number of nitrogens with one attached hydrogen (secondary N) is 2. The van der Waals surface area contributed by atoms with E-state index in [9.17, 15) is 18.0 Å². The van der Waals surface area contributed by atoms with E-state index in [1.54, 1.807) is 12.1 Å². The molecule has 2 amide bonds. The monoisotopic (exact) mass is 391 g/mol. The number of nitrogens with zero attached hydrogens (tertiary/aromatic N) is 1. The van der Waals surface area contributed by atoms with Gasteiger partial charge in [-0.2, -0.15) is 0 Å². The van der Waals surface area contributed by atoms with E-state index in [0.29, 0.717) is 11.3 Å². The van der Waals surface area contributed by atoms with E-state index in [0.717, 1.165) is 12.8 Å². The Morgan fingerprint density at radius 2 is 1.89 bits per heavy atom. The topological polar surface area (TPSA) is 109 Å². The Bertz CT molecular complexity index is 903. The van der Waals surface area contributed by atoms with Crippen LogP contribution >= 0.6 is 0 Å². The van der Waals surface area contributed by atoms with Crippen LogP contribution < -0.4 is 10.0 Å². The zero-order chi connectivity index (χ0) is 19.4. The molecule has 0 radical (unpaired) electrons. The summed E-state index contributed by atoms with van der Waals surface area (Å²) >= 11 is 0. The third-order valence-electron chi connectivity index (χ3n) is 4.08. The number of hydrogen-bond donors (Lipinski definition) is 2. The Morgan fingerprint density at radius 1 is 1.19 bits per heavy atom. The number of sulfonamides is 1. The van der Waals surface area contributed by atoms with Gasteiger partial charge in [-0.05, 0) is 49.2 Å². The summed E-state index contributed by atoms with van der Waals surface area (Å²) in [5, 5.41) is 2.66. The second kappa shape index (κ2) is 7.93. The zero-order valence-corrected chi connectivity index (χ0v) is 15.7. The molecule has 1 aromatic heterocycles. The second-order valence-electron chi connectivity index (χ2n) is 6.44. The van der Waals surface area contributed by atoms with Gasteiger partial charge in [0.2, 0.25) is 15.9 Å². The first-order valence-corrected chi connectivity index (χ1v) is 10.0. The van der Waals surface area contributed by atoms with E-state index >= 15 is 0 Å². The molecule has 0 unspecified atom stereocenters. The van der Waals surface area contributed by atoms with Crippen molar-refractivity contribution in [3.63, 3.8) is 0 Å². The largest absolute Gasteiger partial charge is 0.467 e. The fraction of sp³-hybridized carbons (Fsp3) is 0.333. The lowest BCUT2D eigenvalue weighted by atomic mass is 10.2. The lowest BCUT2D eigenvalue weighted by Gasteiger charge is -2.17. The maximum Gasteiger partial charge on any atom is 0.254 e. The molecule has 0 bridgehead atoms. The Kier molecular flexibility index (Phi) is 5.62. The zero-order valence-electron chi connectivity index (χ0n) is 14.8. The van der Waals surface area contributed by atoms with Crippen molar-refractivity contribution in [1.29, 1.82) is 0 Å². The summed E-state index contributed by atoms with van der Waals surface area (Å²) < 4.78 is 32.0. The predicted octanol–water partition coefficient (Wildman–Crippen LogP) is 1.11. The smallest absolute Gasteiger partial charge is 0.254 e. The second-order valence-corrected chi connectivity index (χ2v) is 8.15. The predicted molar refractivity (Wildman–Crippen MR) is 97.3 cm³/mol. The van der Waals surface area contributed by atoms with E-state index in [4.69, 9.17) is 4.42 Å². The minimum absolute atomic E-state index is 0.0159. The molecule has 2 aromatic rings. The van der Waals surface area contributed by atoms with E-state index in [2.05, 4.69) is 10.0 Å². The summed E-state index contributed by atoms with van der Waals surface area (Å²) in [6.07, 6.45) is 3.21. The third kappa shape index (κ3) is 5.18. The fourth-order valence-electron chi connectivity index (χ4n) is 2.43. The first-order chi connectivity index (χ1) is 12.8. The van der Waals surface area contributed by atoms with Crippen LogP contribution in [0.25, 0.3) is 0 Å². The standard InChI is InChI=1S/C18H21N3O5S/c1-21(12-17(22)19-11-15-3-2-10-26-15)18(23)13-4-8-16(9-5-13)27(24,25)20-14-6-7-14/h2-5,8-10,14,20H,6-7,11-12H2,1H3,(H,19,22). The number of benzene rings is 1. The molecule has 1 aliphatic carbocycles. The lowest BCUT2D eigenvalue weighted by molar-refractivity contribution is -0.121. The summed E-state index contributed by atoms with van der Waals surface area (Å²) in [5.41, 5.74) is 0.307. The molecule has 1 fully saturated rings. The van der Waals surface area contributed by atoms with Gasteiger partial charge in [0.1, 0.15) is 5.76 Å². The summed E-state index contributed by atoms with van der Waals surface area (Å²) in [6.45, 7) is 0.122. The van der Waals surface area contributed by atoms with Gasteiger partial charge in [-0.1, -0.05) is 0 Å². The highest BCUT2D eigenvalue weighted by Crippen LogP contribution is 2.22. The number of amides is 2. The van der Waals surface area contributed by atoms with Crippen molar-refractivity contribution in [1.82, 2.24) is 14.9 Å². The maximum absolute atomic E-state index is 12.4. The highest BCUT2D eigenvalue weighted by atomic mass is 32.2. The molecule has 1 heterocycles. The first kappa shape index (κ1) is 19.1. The average molecular weight is 391 g/mol. The van der Waals surface area contributed by atoms with Crippen LogP contribution in [0.2, 0.25) is 0 Å². The molecule has 1 aromatic carbocycles. The van der Waals surface area contributed by atoms with Crippen LogP contribution in [-0.2, 0) is 21.4 Å². The van der Waals surface area contributed by atoms with Crippen LogP contribution in [0.5, 0.6) is 0 Å². The SMILES string of the molecule is CN(CC(=O)NCc1ccco1)C(=O)c1ccc(S(=O)(=O)NC2CC2)cc1. The Labute approximate surface area is 157 Å². The normalized spacial score (nSPS) is 14.0. The number of hydrogen-bond acceptors (Lipinski definition) is 5. The van der Waals surface area contributed by atoms with E-state index in [-0.39, 0.29) is 35.8 Å². The quantitative estimate of drug-likeness (QED) is 0.701. The van der Waals surface area contributed by atoms with Crippen molar-refractivity contribution in [3.8, 4) is 0 Å². The van der Waals surface area contributed by atoms with Crippen molar-refractivity contribution in [2.24, 2.45) is 0 Å². The van der Waals surface area contributed by atoms with Gasteiger partial charge in [-0.3, -0.25) is 9.59 Å². The average Bonchev–Trinajstić information content (AvgIpc) is 3.28. The summed E-state index contributed by atoms with van der Waals surface area (Å²) in [6, 6.07) is 9.15. The molecule has 0 saturated heterocycles. The number of carbonyl (C=O) groups excluding carboxylic acids is 2. The number of furan rings is 1. The first-order valence-electron chi connectivity index (χ1n) is 8.52. The molecule has 2 N–H and O–H groups in total. The summed E-state index contributed by atoms with van der Waals surface area (Å²) in [7, 11) is -2.05. The molecule has 1 aliphatic rings. The minimum Gasteiger partial charge on any atom is -0.467 e. The van der Waals surface area contributed by atoms with Crippen LogP contribution in [0.3, 0.4) is 0 Å². The molecule has 27 heavy (non-hydrogen) atoms. The van der Waals surface area contributed by atoms with Gasteiger partial charge >= 0.3 is 0 Å². The van der Waals surface area contributed by atoms with Crippen LogP contribution in [-0.4, -0.2) is 44.8 Å². The molecule has 0 spiro atoms. The van der Waals surface area contributed by atoms with E-state index in [1.807, 2.05) is 0 Å². The van der Waals surface area contributed by atoms with Gasteiger partial charge < -0.3 is 14.6 Å². The van der Waals surface area contributed by atoms with Crippen molar-refractivity contribution >= 4 is 21.8 Å². The molecule has 1 saturated carbocycles. The molecule has 3 rings (SSSR count). The van der Waals surface area contributed by atoms with Crippen LogP contribution in [0.15, 0.2) is 52.0 Å². The van der Waals surface area contributed by atoms with Crippen LogP contribution in [0.4, 0.5) is 0 Å². The summed E-state index contributed by atoms with van der Waals surface area (Å²) in [4.78, 5) is 25.8. The Morgan fingerprint density at radius 3 is 2.48 bits per heavy atom. The highest BCUT2D eigenvalue weighted by Gasteiger charge is 2.28. The van der Waals surface area contributed by atoms with Gasteiger partial charge in [0.15, 0.2) is 0 Å². The number of likely N-dealkylation sites (N-methyl/N-ethyl adjacent to an activating group) is 1. The molecule has 8 nitrogen and oxygen atoms in total. The van der Waals surface area contributed by atoms with Gasteiger partial charge in [0, 0.05) is 18.7 Å². The lowest BCUT2D eigenvalue weighted by Crippen LogP contribution is -2.38. The van der Waals surface area contributed by atoms with Crippen molar-refractivity contribution in [2.75, 3.05) is 13.6 Å². The van der Waals surface area contributed by atoms with Gasteiger partial charge in [0.25, 0.3) is 5.91 Å². The molecule has 0 atom stereocenters. The van der Waals surface area contributed by atoms with E-state index < -0.39 is 10.0 Å². The van der Waals surface area contributed by atoms with Crippen molar-refractivity contribution in [3.05, 3.63) is 54.0 Å². The molecular formula is C18H21N3O5S. The van der Waals surface area contributed by atoms with Crippen molar-refractivity contribution in [2.45, 2.75) is 30.3 Å². The molecule has 0 aliphatic heterocycles. The Balaban J connectivity index is 1.55. The van der Waals surface area contributed by atoms with Gasteiger partial charge in [-0.15, -0.1) is 0 Å². The summed E-state index contributed by atoms with van der Waals surface area (Å²) in [5.74, 6) is -0.0775. The van der Waals surface area contributed by atoms with Gasteiger partial charge in [-0.25, -0.2) is 13.1 Å². The Hall–Kier alpha value is -2.65.